The van der Waals surface area contributed by atoms with E-state index in [2.05, 4.69) is 0 Å². The molecule has 0 heterocycles. The van der Waals surface area contributed by atoms with E-state index in [1.54, 1.807) is 0 Å². The van der Waals surface area contributed by atoms with Gasteiger partial charge >= 0.3 is 0 Å². The molecule has 3 heteroatoms. The largest absolute Gasteiger partial charge is 0.388 e. The third-order valence-electron chi connectivity index (χ3n) is 1.85. The third kappa shape index (κ3) is 6.02. The van der Waals surface area contributed by atoms with Gasteiger partial charge in [-0.2, -0.15) is 0 Å². The van der Waals surface area contributed by atoms with Crippen molar-refractivity contribution < 1.29 is 14.6 Å². The highest BCUT2D eigenvalue weighted by Gasteiger charge is 2.16. The van der Waals surface area contributed by atoms with E-state index in [-0.39, 0.29) is 6.10 Å². The molecule has 0 saturated heterocycles. The van der Waals surface area contributed by atoms with Crippen LogP contribution in [0.15, 0.2) is 0 Å². The van der Waals surface area contributed by atoms with Crippen molar-refractivity contribution in [2.75, 3.05) is 19.8 Å². The standard InChI is InChI=1S/C10H22O3/c1-4-7-12-8-9(11)10(5-2)13-6-3/h9-11H,4-8H2,1-3H3. The topological polar surface area (TPSA) is 38.7 Å². The lowest BCUT2D eigenvalue weighted by Gasteiger charge is -2.21. The Labute approximate surface area is 81.0 Å². The molecule has 0 aliphatic carbocycles. The second-order valence-corrected chi connectivity index (χ2v) is 3.04. The first-order valence-corrected chi connectivity index (χ1v) is 5.13. The van der Waals surface area contributed by atoms with Crippen molar-refractivity contribution in [2.24, 2.45) is 0 Å². The van der Waals surface area contributed by atoms with Gasteiger partial charge in [-0.1, -0.05) is 13.8 Å². The van der Waals surface area contributed by atoms with Gasteiger partial charge in [0, 0.05) is 13.2 Å². The van der Waals surface area contributed by atoms with Crippen molar-refractivity contribution >= 4 is 0 Å². The van der Waals surface area contributed by atoms with Crippen molar-refractivity contribution in [3.8, 4) is 0 Å². The van der Waals surface area contributed by atoms with E-state index in [9.17, 15) is 5.11 Å². The van der Waals surface area contributed by atoms with Crippen molar-refractivity contribution in [3.05, 3.63) is 0 Å². The Kier molecular flexibility index (Phi) is 8.40. The van der Waals surface area contributed by atoms with Gasteiger partial charge < -0.3 is 14.6 Å². The third-order valence-corrected chi connectivity index (χ3v) is 1.85. The van der Waals surface area contributed by atoms with Crippen molar-refractivity contribution in [2.45, 2.75) is 45.8 Å². The minimum absolute atomic E-state index is 0.0816. The smallest absolute Gasteiger partial charge is 0.103 e. The highest BCUT2D eigenvalue weighted by atomic mass is 16.5. The number of hydrogen-bond acceptors (Lipinski definition) is 3. The van der Waals surface area contributed by atoms with Gasteiger partial charge in [0.15, 0.2) is 0 Å². The molecule has 0 aromatic carbocycles. The molecule has 80 valence electrons. The Morgan fingerprint density at radius 3 is 2.38 bits per heavy atom. The Morgan fingerprint density at radius 1 is 1.23 bits per heavy atom. The summed E-state index contributed by atoms with van der Waals surface area (Å²) in [5, 5.41) is 9.62. The van der Waals surface area contributed by atoms with E-state index in [1.807, 2.05) is 20.8 Å². The van der Waals surface area contributed by atoms with Crippen LogP contribution in [0.1, 0.15) is 33.6 Å². The van der Waals surface area contributed by atoms with Gasteiger partial charge in [0.05, 0.1) is 12.7 Å². The summed E-state index contributed by atoms with van der Waals surface area (Å²) >= 11 is 0. The van der Waals surface area contributed by atoms with Crippen molar-refractivity contribution in [3.63, 3.8) is 0 Å². The molecule has 0 fully saturated rings. The lowest BCUT2D eigenvalue weighted by atomic mass is 10.1. The molecule has 0 saturated carbocycles. The number of rotatable bonds is 8. The molecular formula is C10H22O3. The van der Waals surface area contributed by atoms with E-state index in [1.165, 1.54) is 0 Å². The van der Waals surface area contributed by atoms with Crippen LogP contribution in [0.4, 0.5) is 0 Å². The molecule has 0 aromatic rings. The Hall–Kier alpha value is -0.120. The summed E-state index contributed by atoms with van der Waals surface area (Å²) in [5.41, 5.74) is 0. The maximum absolute atomic E-state index is 9.62. The quantitative estimate of drug-likeness (QED) is 0.591. The van der Waals surface area contributed by atoms with Gasteiger partial charge in [-0.25, -0.2) is 0 Å². The number of aliphatic hydroxyl groups is 1. The monoisotopic (exact) mass is 190 g/mol. The maximum atomic E-state index is 9.62. The molecule has 2 unspecified atom stereocenters. The Morgan fingerprint density at radius 2 is 1.92 bits per heavy atom. The highest BCUT2D eigenvalue weighted by Crippen LogP contribution is 2.05. The summed E-state index contributed by atoms with van der Waals surface area (Å²) in [5.74, 6) is 0. The van der Waals surface area contributed by atoms with Gasteiger partial charge in [0.2, 0.25) is 0 Å². The highest BCUT2D eigenvalue weighted by molar-refractivity contribution is 4.66. The van der Waals surface area contributed by atoms with Gasteiger partial charge in [-0.3, -0.25) is 0 Å². The molecule has 0 aliphatic rings. The molecule has 1 N–H and O–H groups in total. The summed E-state index contributed by atoms with van der Waals surface area (Å²) < 4.78 is 10.6. The minimum Gasteiger partial charge on any atom is -0.388 e. The number of hydrogen-bond donors (Lipinski definition) is 1. The molecule has 0 bridgehead atoms. The van der Waals surface area contributed by atoms with Crippen LogP contribution >= 0.6 is 0 Å². The molecule has 0 radical (unpaired) electrons. The lowest BCUT2D eigenvalue weighted by Crippen LogP contribution is -2.32. The van der Waals surface area contributed by atoms with Crippen LogP contribution in [0.5, 0.6) is 0 Å². The molecule has 2 atom stereocenters. The van der Waals surface area contributed by atoms with Gasteiger partial charge in [0.25, 0.3) is 0 Å². The van der Waals surface area contributed by atoms with Crippen LogP contribution in [0.2, 0.25) is 0 Å². The van der Waals surface area contributed by atoms with E-state index < -0.39 is 6.10 Å². The predicted molar refractivity (Wildman–Crippen MR) is 52.8 cm³/mol. The summed E-state index contributed by atoms with van der Waals surface area (Å²) in [7, 11) is 0. The van der Waals surface area contributed by atoms with E-state index in [0.717, 1.165) is 12.8 Å². The average Bonchev–Trinajstić information content (AvgIpc) is 2.14. The summed E-state index contributed by atoms with van der Waals surface area (Å²) in [6.45, 7) is 7.72. The van der Waals surface area contributed by atoms with E-state index in [0.29, 0.717) is 19.8 Å². The summed E-state index contributed by atoms with van der Waals surface area (Å²) in [6.07, 6.45) is 1.24. The fraction of sp³-hybridized carbons (Fsp3) is 1.00. The SMILES string of the molecule is CCCOCC(O)C(CC)OCC. The number of aliphatic hydroxyl groups excluding tert-OH is 1. The first-order valence-electron chi connectivity index (χ1n) is 5.13. The van der Waals surface area contributed by atoms with Gasteiger partial charge in [-0.05, 0) is 19.8 Å². The van der Waals surface area contributed by atoms with E-state index >= 15 is 0 Å². The zero-order chi connectivity index (χ0) is 10.1. The van der Waals surface area contributed by atoms with E-state index in [4.69, 9.17) is 9.47 Å². The van der Waals surface area contributed by atoms with Gasteiger partial charge in [0.1, 0.15) is 6.10 Å². The van der Waals surface area contributed by atoms with Crippen LogP contribution in [0.3, 0.4) is 0 Å². The molecule has 3 nitrogen and oxygen atoms in total. The Bertz CT molecular complexity index is 106. The summed E-state index contributed by atoms with van der Waals surface area (Å²) in [6, 6.07) is 0. The lowest BCUT2D eigenvalue weighted by molar-refractivity contribution is -0.0698. The normalized spacial score (nSPS) is 15.7. The molecule has 0 aromatic heterocycles. The zero-order valence-electron chi connectivity index (χ0n) is 8.95. The van der Waals surface area contributed by atoms with Crippen LogP contribution in [0, 0.1) is 0 Å². The molecule has 0 aliphatic heterocycles. The molecule has 13 heavy (non-hydrogen) atoms. The first kappa shape index (κ1) is 12.9. The molecular weight excluding hydrogens is 168 g/mol. The maximum Gasteiger partial charge on any atom is 0.103 e. The second kappa shape index (κ2) is 8.48. The summed E-state index contributed by atoms with van der Waals surface area (Å²) in [4.78, 5) is 0. The van der Waals surface area contributed by atoms with Crippen LogP contribution in [-0.4, -0.2) is 37.1 Å². The first-order chi connectivity index (χ1) is 6.26. The average molecular weight is 190 g/mol. The zero-order valence-corrected chi connectivity index (χ0v) is 8.95. The fourth-order valence-corrected chi connectivity index (χ4v) is 1.17. The molecule has 0 rings (SSSR count). The van der Waals surface area contributed by atoms with Gasteiger partial charge in [-0.15, -0.1) is 0 Å². The second-order valence-electron chi connectivity index (χ2n) is 3.04. The molecule has 0 amide bonds. The number of ether oxygens (including phenoxy) is 2. The predicted octanol–water partition coefficient (Wildman–Crippen LogP) is 1.59. The van der Waals surface area contributed by atoms with Crippen LogP contribution in [0.25, 0.3) is 0 Å². The fourth-order valence-electron chi connectivity index (χ4n) is 1.17. The minimum atomic E-state index is -0.489. The van der Waals surface area contributed by atoms with Crippen molar-refractivity contribution in [1.82, 2.24) is 0 Å². The van der Waals surface area contributed by atoms with Crippen LogP contribution < -0.4 is 0 Å². The van der Waals surface area contributed by atoms with Crippen LogP contribution in [-0.2, 0) is 9.47 Å². The Balaban J connectivity index is 3.57. The molecule has 0 spiro atoms. The van der Waals surface area contributed by atoms with Crippen molar-refractivity contribution in [1.29, 1.82) is 0 Å².